The Hall–Kier alpha value is -2.38. The number of hydrogen-bond donors (Lipinski definition) is 2. The summed E-state index contributed by atoms with van der Waals surface area (Å²) in [4.78, 5) is 45.8. The molecular formula is C26H40O8. The first-order chi connectivity index (χ1) is 16.0. The zero-order chi connectivity index (χ0) is 25.5. The molecule has 2 bridgehead atoms. The largest absolute Gasteiger partial charge is 0.481 e. The normalized spacial score (nSPS) is 27.9. The van der Waals surface area contributed by atoms with Crippen molar-refractivity contribution in [1.29, 1.82) is 0 Å². The van der Waals surface area contributed by atoms with Gasteiger partial charge in [-0.3, -0.25) is 19.2 Å². The van der Waals surface area contributed by atoms with Crippen LogP contribution in [0.3, 0.4) is 0 Å². The fraction of sp³-hybridized carbons (Fsp3) is 0.769. The highest BCUT2D eigenvalue weighted by molar-refractivity contribution is 5.83. The molecule has 3 rings (SSSR count). The first-order valence-corrected chi connectivity index (χ1v) is 12.5. The van der Waals surface area contributed by atoms with Crippen LogP contribution >= 0.6 is 0 Å². The van der Waals surface area contributed by atoms with Gasteiger partial charge in [-0.2, -0.15) is 0 Å². The van der Waals surface area contributed by atoms with Crippen molar-refractivity contribution in [2.24, 2.45) is 29.1 Å². The van der Waals surface area contributed by atoms with E-state index in [0.717, 1.165) is 44.9 Å². The van der Waals surface area contributed by atoms with Crippen molar-refractivity contribution in [2.75, 3.05) is 0 Å². The van der Waals surface area contributed by atoms with Crippen molar-refractivity contribution in [3.8, 4) is 0 Å². The van der Waals surface area contributed by atoms with Crippen LogP contribution in [0.25, 0.3) is 0 Å². The van der Waals surface area contributed by atoms with Crippen LogP contribution in [-0.2, 0) is 28.7 Å². The fourth-order valence-electron chi connectivity index (χ4n) is 5.36. The highest BCUT2D eigenvalue weighted by atomic mass is 16.5. The lowest BCUT2D eigenvalue weighted by Crippen LogP contribution is -2.35. The van der Waals surface area contributed by atoms with Crippen molar-refractivity contribution in [3.05, 3.63) is 12.2 Å². The molecule has 2 N–H and O–H groups in total. The Morgan fingerprint density at radius 3 is 1.91 bits per heavy atom. The zero-order valence-electron chi connectivity index (χ0n) is 20.8. The molecule has 0 radical (unpaired) electrons. The van der Waals surface area contributed by atoms with Crippen LogP contribution in [0, 0.1) is 29.1 Å². The third-order valence-electron chi connectivity index (χ3n) is 7.53. The van der Waals surface area contributed by atoms with Gasteiger partial charge in [-0.1, -0.05) is 38.8 Å². The Labute approximate surface area is 202 Å². The number of esters is 2. The third kappa shape index (κ3) is 7.31. The highest BCUT2D eigenvalue weighted by Crippen LogP contribution is 2.48. The average Bonchev–Trinajstić information content (AvgIpc) is 3.49. The Morgan fingerprint density at radius 2 is 1.41 bits per heavy atom. The molecule has 2 saturated carbocycles. The van der Waals surface area contributed by atoms with E-state index >= 15 is 0 Å². The summed E-state index contributed by atoms with van der Waals surface area (Å²) in [7, 11) is 0. The standard InChI is InChI=1S/C13H18O4.C13H22O4/c1-3-7(2)17-13(16)11-9-5-4-8(6-9)10(11)12(14)15;1-3-10(2)17-12(16)9-13(8-11(14)15)6-4-5-7-13/h4-5,7-11H,3,6H2,1-2H3,(H,14,15);10H,3-9H2,1-2H3,(H,14,15). The monoisotopic (exact) mass is 480 g/mol. The van der Waals surface area contributed by atoms with E-state index in [-0.39, 0.29) is 54.2 Å². The van der Waals surface area contributed by atoms with Gasteiger partial charge < -0.3 is 19.7 Å². The zero-order valence-corrected chi connectivity index (χ0v) is 20.8. The summed E-state index contributed by atoms with van der Waals surface area (Å²) < 4.78 is 10.5. The van der Waals surface area contributed by atoms with Gasteiger partial charge in [0.15, 0.2) is 0 Å². The lowest BCUT2D eigenvalue weighted by molar-refractivity contribution is -0.161. The van der Waals surface area contributed by atoms with Gasteiger partial charge in [0.25, 0.3) is 0 Å². The van der Waals surface area contributed by atoms with Crippen molar-refractivity contribution in [2.45, 2.75) is 97.7 Å². The van der Waals surface area contributed by atoms with E-state index in [0.29, 0.717) is 0 Å². The van der Waals surface area contributed by atoms with Gasteiger partial charge >= 0.3 is 23.9 Å². The molecule has 0 heterocycles. The maximum atomic E-state index is 12.0. The highest BCUT2D eigenvalue weighted by Gasteiger charge is 2.52. The predicted octanol–water partition coefficient (Wildman–Crippen LogP) is 4.60. The first kappa shape index (κ1) is 27.9. The van der Waals surface area contributed by atoms with E-state index in [9.17, 15) is 24.3 Å². The number of ether oxygens (including phenoxy) is 2. The number of carboxylic acid groups (broad SMARTS) is 2. The van der Waals surface area contributed by atoms with Crippen molar-refractivity contribution < 1.29 is 38.9 Å². The number of carbonyl (C=O) groups excluding carboxylic acids is 2. The summed E-state index contributed by atoms with van der Waals surface area (Å²) in [5.74, 6) is -3.31. The number of aliphatic carboxylic acids is 2. The summed E-state index contributed by atoms with van der Waals surface area (Å²) in [5, 5.41) is 18.1. The molecule has 0 aromatic rings. The summed E-state index contributed by atoms with van der Waals surface area (Å²) in [6.45, 7) is 7.58. The molecule has 0 spiro atoms. The second-order valence-corrected chi connectivity index (χ2v) is 10.2. The van der Waals surface area contributed by atoms with Crippen molar-refractivity contribution in [1.82, 2.24) is 0 Å². The number of carboxylic acids is 2. The van der Waals surface area contributed by atoms with Crippen LogP contribution in [0.2, 0.25) is 0 Å². The predicted molar refractivity (Wildman–Crippen MR) is 125 cm³/mol. The molecule has 6 atom stereocenters. The van der Waals surface area contributed by atoms with Crippen LogP contribution < -0.4 is 0 Å². The Balaban J connectivity index is 0.000000240. The van der Waals surface area contributed by atoms with Gasteiger partial charge in [0.1, 0.15) is 0 Å². The van der Waals surface area contributed by atoms with E-state index in [1.54, 1.807) is 0 Å². The summed E-state index contributed by atoms with van der Waals surface area (Å²) in [5.41, 5.74) is -0.351. The molecule has 0 saturated heterocycles. The molecule has 8 heteroatoms. The smallest absolute Gasteiger partial charge is 0.310 e. The molecular weight excluding hydrogens is 440 g/mol. The molecule has 0 amide bonds. The quantitative estimate of drug-likeness (QED) is 0.343. The second-order valence-electron chi connectivity index (χ2n) is 10.2. The summed E-state index contributed by atoms with van der Waals surface area (Å²) >= 11 is 0. The van der Waals surface area contributed by atoms with Crippen LogP contribution in [0.5, 0.6) is 0 Å². The van der Waals surface area contributed by atoms with Crippen LogP contribution in [0.4, 0.5) is 0 Å². The maximum Gasteiger partial charge on any atom is 0.310 e. The van der Waals surface area contributed by atoms with E-state index in [2.05, 4.69) is 0 Å². The average molecular weight is 481 g/mol. The third-order valence-corrected chi connectivity index (χ3v) is 7.53. The molecule has 3 aliphatic carbocycles. The Kier molecular flexibility index (Phi) is 10.1. The van der Waals surface area contributed by atoms with Crippen LogP contribution in [-0.4, -0.2) is 46.3 Å². The first-order valence-electron chi connectivity index (χ1n) is 12.5. The van der Waals surface area contributed by atoms with E-state index in [1.165, 1.54) is 0 Å². The molecule has 3 aliphatic rings. The Morgan fingerprint density at radius 1 is 0.882 bits per heavy atom. The lowest BCUT2D eigenvalue weighted by Gasteiger charge is -2.26. The van der Waals surface area contributed by atoms with Crippen LogP contribution in [0.1, 0.15) is 85.5 Å². The number of carbonyl (C=O) groups is 4. The summed E-state index contributed by atoms with van der Waals surface area (Å²) in [6, 6.07) is 0. The van der Waals surface area contributed by atoms with Gasteiger partial charge in [0.05, 0.1) is 36.9 Å². The SMILES string of the molecule is CCC(C)OC(=O)C1C2C=CC(C2)C1C(=O)O.CCC(C)OC(=O)CC1(CC(=O)O)CCCC1. The molecule has 2 fully saturated rings. The van der Waals surface area contributed by atoms with Gasteiger partial charge in [0.2, 0.25) is 0 Å². The molecule has 192 valence electrons. The lowest BCUT2D eigenvalue weighted by atomic mass is 9.79. The van der Waals surface area contributed by atoms with Crippen LogP contribution in [0.15, 0.2) is 12.2 Å². The Bertz CT molecular complexity index is 767. The van der Waals surface area contributed by atoms with Gasteiger partial charge in [-0.15, -0.1) is 0 Å². The topological polar surface area (TPSA) is 127 Å². The van der Waals surface area contributed by atoms with E-state index in [4.69, 9.17) is 14.6 Å². The number of allylic oxidation sites excluding steroid dienone is 2. The minimum absolute atomic E-state index is 0.00647. The second kappa shape index (κ2) is 12.4. The maximum absolute atomic E-state index is 12.0. The van der Waals surface area contributed by atoms with Gasteiger partial charge in [0, 0.05) is 0 Å². The minimum Gasteiger partial charge on any atom is -0.481 e. The molecule has 0 aromatic carbocycles. The number of hydrogen-bond acceptors (Lipinski definition) is 6. The van der Waals surface area contributed by atoms with Crippen molar-refractivity contribution in [3.63, 3.8) is 0 Å². The number of rotatable bonds is 10. The molecule has 34 heavy (non-hydrogen) atoms. The fourth-order valence-corrected chi connectivity index (χ4v) is 5.36. The minimum atomic E-state index is -0.882. The number of fused-ring (bicyclic) bond motifs is 2. The summed E-state index contributed by atoms with van der Waals surface area (Å²) in [6.07, 6.45) is 10.0. The van der Waals surface area contributed by atoms with Gasteiger partial charge in [-0.25, -0.2) is 0 Å². The van der Waals surface area contributed by atoms with Gasteiger partial charge in [-0.05, 0) is 63.2 Å². The molecule has 0 aromatic heterocycles. The molecule has 6 unspecified atom stereocenters. The molecule has 0 aliphatic heterocycles. The van der Waals surface area contributed by atoms with Crippen molar-refractivity contribution >= 4 is 23.9 Å². The molecule has 8 nitrogen and oxygen atoms in total. The van der Waals surface area contributed by atoms with E-state index in [1.807, 2.05) is 39.8 Å². The van der Waals surface area contributed by atoms with E-state index < -0.39 is 23.8 Å².